The summed E-state index contributed by atoms with van der Waals surface area (Å²) in [7, 11) is 0. The highest BCUT2D eigenvalue weighted by Crippen LogP contribution is 2.37. The van der Waals surface area contributed by atoms with Gasteiger partial charge in [-0.25, -0.2) is 4.98 Å². The van der Waals surface area contributed by atoms with E-state index in [2.05, 4.69) is 15.3 Å². The molecule has 1 amide bonds. The van der Waals surface area contributed by atoms with Gasteiger partial charge in [-0.2, -0.15) is 0 Å². The molecule has 2 unspecified atom stereocenters. The summed E-state index contributed by atoms with van der Waals surface area (Å²) in [5.74, 6) is -1.63. The van der Waals surface area contributed by atoms with Crippen molar-refractivity contribution in [1.82, 2.24) is 14.5 Å². The van der Waals surface area contributed by atoms with Crippen LogP contribution in [0.3, 0.4) is 0 Å². The Morgan fingerprint density at radius 1 is 1.24 bits per heavy atom. The highest BCUT2D eigenvalue weighted by molar-refractivity contribution is 6.07. The number of hydrogen-bond acceptors (Lipinski definition) is 5. The first-order valence-corrected chi connectivity index (χ1v) is 8.06. The fourth-order valence-electron chi connectivity index (χ4n) is 3.22. The lowest BCUT2D eigenvalue weighted by molar-refractivity contribution is -0.152. The van der Waals surface area contributed by atoms with Crippen molar-refractivity contribution in [3.63, 3.8) is 0 Å². The number of rotatable bonds is 3. The van der Waals surface area contributed by atoms with Gasteiger partial charge in [0.1, 0.15) is 6.04 Å². The number of pyridine rings is 1. The van der Waals surface area contributed by atoms with E-state index in [1.807, 2.05) is 34.9 Å². The fourth-order valence-corrected chi connectivity index (χ4v) is 3.22. The molecule has 0 spiro atoms. The molecule has 25 heavy (non-hydrogen) atoms. The smallest absolute Gasteiger partial charge is 0.321 e. The first-order chi connectivity index (χ1) is 12.2. The Labute approximate surface area is 143 Å². The molecule has 0 saturated heterocycles. The summed E-state index contributed by atoms with van der Waals surface area (Å²) in [4.78, 5) is 34.0. The van der Waals surface area contributed by atoms with E-state index < -0.39 is 23.8 Å². The molecule has 126 valence electrons. The first kappa shape index (κ1) is 15.3. The van der Waals surface area contributed by atoms with Crippen LogP contribution in [0.1, 0.15) is 18.7 Å². The second-order valence-electron chi connectivity index (χ2n) is 5.71. The van der Waals surface area contributed by atoms with Gasteiger partial charge in [0, 0.05) is 6.20 Å². The van der Waals surface area contributed by atoms with Crippen LogP contribution in [0, 0.1) is 5.92 Å². The number of ether oxygens (including phenoxy) is 1. The molecule has 7 heteroatoms. The maximum atomic E-state index is 12.6. The molecule has 0 radical (unpaired) electrons. The molecule has 0 bridgehead atoms. The van der Waals surface area contributed by atoms with Crippen molar-refractivity contribution in [2.45, 2.75) is 13.0 Å². The van der Waals surface area contributed by atoms with Gasteiger partial charge in [0.05, 0.1) is 23.3 Å². The van der Waals surface area contributed by atoms with Gasteiger partial charge in [0.15, 0.2) is 5.92 Å². The molecule has 0 aliphatic carbocycles. The zero-order valence-electron chi connectivity index (χ0n) is 13.5. The zero-order chi connectivity index (χ0) is 17.4. The predicted octanol–water partition coefficient (Wildman–Crippen LogP) is 2.15. The Bertz CT molecular complexity index is 951. The van der Waals surface area contributed by atoms with Crippen LogP contribution in [0.4, 0.5) is 5.95 Å². The number of anilines is 1. The van der Waals surface area contributed by atoms with Gasteiger partial charge >= 0.3 is 5.97 Å². The highest BCUT2D eigenvalue weighted by Gasteiger charge is 2.44. The summed E-state index contributed by atoms with van der Waals surface area (Å²) in [5.41, 5.74) is 2.17. The van der Waals surface area contributed by atoms with E-state index >= 15 is 0 Å². The molecule has 1 N–H and O–H groups in total. The van der Waals surface area contributed by atoms with Crippen molar-refractivity contribution in [1.29, 1.82) is 0 Å². The molecule has 2 atom stereocenters. The van der Waals surface area contributed by atoms with Gasteiger partial charge in [-0.3, -0.25) is 24.5 Å². The minimum Gasteiger partial charge on any atom is -0.465 e. The molecule has 1 aliphatic rings. The van der Waals surface area contributed by atoms with Crippen molar-refractivity contribution in [2.75, 3.05) is 11.9 Å². The fraction of sp³-hybridized carbons (Fsp3) is 0.222. The molecule has 7 nitrogen and oxygen atoms in total. The summed E-state index contributed by atoms with van der Waals surface area (Å²) >= 11 is 0. The maximum absolute atomic E-state index is 12.6. The average molecular weight is 336 g/mol. The number of hydrogen-bond donors (Lipinski definition) is 1. The minimum atomic E-state index is -1.03. The molecule has 0 fully saturated rings. The maximum Gasteiger partial charge on any atom is 0.321 e. The number of fused-ring (bicyclic) bond motifs is 3. The summed E-state index contributed by atoms with van der Waals surface area (Å²) in [5, 5.41) is 2.72. The number of imidazole rings is 1. The van der Waals surface area contributed by atoms with Crippen LogP contribution < -0.4 is 5.32 Å². The van der Waals surface area contributed by atoms with Gasteiger partial charge < -0.3 is 4.74 Å². The molecule has 2 aromatic heterocycles. The third-order valence-electron chi connectivity index (χ3n) is 4.24. The Morgan fingerprint density at radius 3 is 2.80 bits per heavy atom. The van der Waals surface area contributed by atoms with Crippen molar-refractivity contribution in [3.8, 4) is 0 Å². The van der Waals surface area contributed by atoms with E-state index in [0.717, 1.165) is 11.0 Å². The minimum absolute atomic E-state index is 0.203. The molecule has 4 rings (SSSR count). The number of amides is 1. The number of carbonyl (C=O) groups excluding carboxylic acids is 2. The second-order valence-corrected chi connectivity index (χ2v) is 5.71. The van der Waals surface area contributed by atoms with E-state index in [9.17, 15) is 9.59 Å². The molecule has 0 saturated carbocycles. The number of nitrogens with zero attached hydrogens (tertiary/aromatic N) is 3. The van der Waals surface area contributed by atoms with Gasteiger partial charge in [-0.1, -0.05) is 18.2 Å². The van der Waals surface area contributed by atoms with Crippen LogP contribution in [0.25, 0.3) is 11.0 Å². The standard InChI is InChI=1S/C18H16N4O3/c1-2-25-17(24)14-15(12-8-5-6-10-19-12)22-13-9-4-3-7-11(13)20-18(22)21-16(14)23/h3-10,14-15H,2H2,1H3,(H,20,21,23). The monoisotopic (exact) mass is 336 g/mol. The van der Waals surface area contributed by atoms with Crippen LogP contribution in [-0.4, -0.2) is 33.0 Å². The van der Waals surface area contributed by atoms with E-state index in [-0.39, 0.29) is 6.61 Å². The molecular weight excluding hydrogens is 320 g/mol. The lowest BCUT2D eigenvalue weighted by atomic mass is 9.93. The average Bonchev–Trinajstić information content (AvgIpc) is 2.99. The van der Waals surface area contributed by atoms with Crippen LogP contribution in [0.15, 0.2) is 48.7 Å². The summed E-state index contributed by atoms with van der Waals surface area (Å²) < 4.78 is 6.99. The molecular formula is C18H16N4O3. The SMILES string of the molecule is CCOC(=O)C1C(=O)Nc2nc3ccccc3n2C1c1ccccn1. The number of para-hydroxylation sites is 2. The van der Waals surface area contributed by atoms with Crippen molar-refractivity contribution in [3.05, 3.63) is 54.4 Å². The molecule has 1 aromatic carbocycles. The summed E-state index contributed by atoms with van der Waals surface area (Å²) in [6.07, 6.45) is 1.64. The Morgan fingerprint density at radius 2 is 2.04 bits per heavy atom. The van der Waals surface area contributed by atoms with E-state index in [0.29, 0.717) is 11.6 Å². The number of aromatic nitrogens is 3. The first-order valence-electron chi connectivity index (χ1n) is 8.06. The number of carbonyl (C=O) groups is 2. The van der Waals surface area contributed by atoms with Crippen molar-refractivity contribution >= 4 is 28.9 Å². The summed E-state index contributed by atoms with van der Waals surface area (Å²) in [6.45, 7) is 1.92. The van der Waals surface area contributed by atoms with Gasteiger partial charge in [0.2, 0.25) is 11.9 Å². The van der Waals surface area contributed by atoms with Crippen LogP contribution in [-0.2, 0) is 14.3 Å². The largest absolute Gasteiger partial charge is 0.465 e. The van der Waals surface area contributed by atoms with Gasteiger partial charge in [-0.05, 0) is 31.2 Å². The zero-order valence-corrected chi connectivity index (χ0v) is 13.5. The topological polar surface area (TPSA) is 86.1 Å². The van der Waals surface area contributed by atoms with Crippen LogP contribution >= 0.6 is 0 Å². The van der Waals surface area contributed by atoms with Crippen molar-refractivity contribution < 1.29 is 14.3 Å². The lowest BCUT2D eigenvalue weighted by Gasteiger charge is -2.31. The molecule has 3 heterocycles. The van der Waals surface area contributed by atoms with E-state index in [1.54, 1.807) is 25.3 Å². The number of benzene rings is 1. The quantitative estimate of drug-likeness (QED) is 0.585. The second kappa shape index (κ2) is 6.01. The van der Waals surface area contributed by atoms with Crippen LogP contribution in [0.5, 0.6) is 0 Å². The third-order valence-corrected chi connectivity index (χ3v) is 4.24. The van der Waals surface area contributed by atoms with E-state index in [1.165, 1.54) is 0 Å². The number of nitrogens with one attached hydrogen (secondary N) is 1. The number of esters is 1. The van der Waals surface area contributed by atoms with Gasteiger partial charge in [0.25, 0.3) is 0 Å². The Hall–Kier alpha value is -3.22. The van der Waals surface area contributed by atoms with Crippen molar-refractivity contribution in [2.24, 2.45) is 5.92 Å². The van der Waals surface area contributed by atoms with Gasteiger partial charge in [-0.15, -0.1) is 0 Å². The normalized spacial score (nSPS) is 19.3. The molecule has 3 aromatic rings. The predicted molar refractivity (Wildman–Crippen MR) is 90.9 cm³/mol. The lowest BCUT2D eigenvalue weighted by Crippen LogP contribution is -2.43. The Balaban J connectivity index is 1.96. The third kappa shape index (κ3) is 2.44. The highest BCUT2D eigenvalue weighted by atomic mass is 16.5. The summed E-state index contributed by atoms with van der Waals surface area (Å²) in [6, 6.07) is 12.3. The van der Waals surface area contributed by atoms with Crippen LogP contribution in [0.2, 0.25) is 0 Å². The van der Waals surface area contributed by atoms with E-state index in [4.69, 9.17) is 4.74 Å². The Kier molecular flexibility index (Phi) is 3.68. The molecule has 1 aliphatic heterocycles.